The molecule has 10 heteroatoms. The van der Waals surface area contributed by atoms with Crippen molar-refractivity contribution in [2.24, 2.45) is 0 Å². The second-order valence-corrected chi connectivity index (χ2v) is 10.3. The summed E-state index contributed by atoms with van der Waals surface area (Å²) in [4.78, 5) is 25.5. The molecule has 2 heterocycles. The van der Waals surface area contributed by atoms with Crippen LogP contribution in [0, 0.1) is 5.82 Å². The van der Waals surface area contributed by atoms with E-state index in [9.17, 15) is 18.4 Å². The summed E-state index contributed by atoms with van der Waals surface area (Å²) in [5.41, 5.74) is 0.930. The van der Waals surface area contributed by atoms with Crippen molar-refractivity contribution in [2.45, 2.75) is 55.6 Å². The first kappa shape index (κ1) is 26.2. The van der Waals surface area contributed by atoms with Gasteiger partial charge in [0, 0.05) is 11.6 Å². The van der Waals surface area contributed by atoms with Gasteiger partial charge in [0.1, 0.15) is 5.82 Å². The van der Waals surface area contributed by atoms with Gasteiger partial charge in [0.2, 0.25) is 5.91 Å². The average molecular weight is 554 g/mol. The molecule has 3 aromatic rings. The van der Waals surface area contributed by atoms with Crippen LogP contribution in [-0.2, 0) is 19.7 Å². The maximum absolute atomic E-state index is 15.2. The molecule has 1 aliphatic carbocycles. The molecule has 0 radical (unpaired) electrons. The Morgan fingerprint density at radius 1 is 0.925 bits per heavy atom. The highest BCUT2D eigenvalue weighted by molar-refractivity contribution is 5.92. The third-order valence-corrected chi connectivity index (χ3v) is 7.74. The topological polar surface area (TPSA) is 83.1 Å². The summed E-state index contributed by atoms with van der Waals surface area (Å²) < 4.78 is 62.3. The maximum atomic E-state index is 15.2. The number of hydrogen-bond donors (Lipinski definition) is 1. The van der Waals surface area contributed by atoms with E-state index >= 15 is 4.39 Å². The number of ether oxygens (including phenoxy) is 4. The number of halogens is 3. The summed E-state index contributed by atoms with van der Waals surface area (Å²) in [7, 11) is 1.22. The monoisotopic (exact) mass is 553 g/mol. The number of fused-ring (bicyclic) bond motifs is 1. The molecular weight excluding hydrogens is 527 g/mol. The van der Waals surface area contributed by atoms with Gasteiger partial charge in [-0.25, -0.2) is 9.18 Å². The largest absolute Gasteiger partial charge is 0.586 e. The van der Waals surface area contributed by atoms with Crippen molar-refractivity contribution < 1.29 is 41.7 Å². The van der Waals surface area contributed by atoms with Crippen molar-refractivity contribution in [3.63, 3.8) is 0 Å². The summed E-state index contributed by atoms with van der Waals surface area (Å²) in [6.45, 7) is 0. The lowest BCUT2D eigenvalue weighted by molar-refractivity contribution is -0.286. The van der Waals surface area contributed by atoms with Crippen molar-refractivity contribution in [3.8, 4) is 11.5 Å². The van der Waals surface area contributed by atoms with Gasteiger partial charge < -0.3 is 24.3 Å². The first-order valence-corrected chi connectivity index (χ1v) is 13.0. The van der Waals surface area contributed by atoms with Crippen LogP contribution < -0.4 is 14.8 Å². The van der Waals surface area contributed by atoms with Gasteiger partial charge in [-0.2, -0.15) is 0 Å². The van der Waals surface area contributed by atoms with Crippen LogP contribution in [0.5, 0.6) is 11.5 Å². The van der Waals surface area contributed by atoms with E-state index in [4.69, 9.17) is 4.74 Å². The van der Waals surface area contributed by atoms with E-state index in [1.807, 2.05) is 30.3 Å². The van der Waals surface area contributed by atoms with Crippen molar-refractivity contribution >= 4 is 11.9 Å². The van der Waals surface area contributed by atoms with E-state index in [2.05, 4.69) is 19.5 Å². The highest BCUT2D eigenvalue weighted by Crippen LogP contribution is 2.52. The zero-order valence-corrected chi connectivity index (χ0v) is 21.5. The lowest BCUT2D eigenvalue weighted by atomic mass is 9.89. The van der Waals surface area contributed by atoms with Crippen LogP contribution in [0.4, 0.5) is 13.2 Å². The highest BCUT2D eigenvalue weighted by atomic mass is 19.3. The molecule has 1 N–H and O–H groups in total. The lowest BCUT2D eigenvalue weighted by Crippen LogP contribution is -2.45. The first-order valence-electron chi connectivity index (χ1n) is 13.0. The SMILES string of the molecule is COC(=O)c1ccc([C@H]2C[C@@H](NC(=O)C3(c4ccc5c(c4)OC(F)(F)O5)CC3)C[C@@H](c3ccccc3)O2)c(F)c1. The van der Waals surface area contributed by atoms with Crippen molar-refractivity contribution in [1.82, 2.24) is 5.32 Å². The lowest BCUT2D eigenvalue weighted by Gasteiger charge is -2.37. The van der Waals surface area contributed by atoms with Gasteiger partial charge in [0.25, 0.3) is 0 Å². The molecule has 0 aromatic heterocycles. The van der Waals surface area contributed by atoms with Gasteiger partial charge in [0.15, 0.2) is 11.5 Å². The standard InChI is InChI=1S/C30H26F3NO6/c1-37-27(35)18-7-9-21(22(31)13-18)25-16-20(15-24(38-25)17-5-3-2-4-6-17)34-28(36)29(11-12-29)19-8-10-23-26(14-19)40-30(32,33)39-23/h2-10,13-14,20,24-25H,11-12,15-16H2,1H3,(H,34,36)/t20-,24-,25+/m0/s1. The molecule has 40 heavy (non-hydrogen) atoms. The molecule has 2 aliphatic heterocycles. The van der Waals surface area contributed by atoms with E-state index in [1.165, 1.54) is 31.4 Å². The maximum Gasteiger partial charge on any atom is 0.586 e. The summed E-state index contributed by atoms with van der Waals surface area (Å²) >= 11 is 0. The molecule has 0 bridgehead atoms. The van der Waals surface area contributed by atoms with Crippen molar-refractivity contribution in [2.75, 3.05) is 7.11 Å². The number of carbonyl (C=O) groups excluding carboxylic acids is 2. The fraction of sp³-hybridized carbons (Fsp3) is 0.333. The predicted molar refractivity (Wildman–Crippen MR) is 135 cm³/mol. The summed E-state index contributed by atoms with van der Waals surface area (Å²) in [5.74, 6) is -1.69. The van der Waals surface area contributed by atoms with Crippen LogP contribution >= 0.6 is 0 Å². The number of carbonyl (C=O) groups is 2. The van der Waals surface area contributed by atoms with E-state index in [1.54, 1.807) is 6.07 Å². The van der Waals surface area contributed by atoms with Gasteiger partial charge in [-0.1, -0.05) is 42.5 Å². The third-order valence-electron chi connectivity index (χ3n) is 7.74. The molecule has 3 atom stereocenters. The number of esters is 1. The smallest absolute Gasteiger partial charge is 0.465 e. The summed E-state index contributed by atoms with van der Waals surface area (Å²) in [5, 5.41) is 3.13. The zero-order chi connectivity index (χ0) is 28.1. The molecule has 3 aromatic carbocycles. The number of nitrogens with one attached hydrogen (secondary N) is 1. The van der Waals surface area contributed by atoms with Gasteiger partial charge in [-0.05, 0) is 61.1 Å². The second-order valence-electron chi connectivity index (χ2n) is 10.3. The molecule has 0 unspecified atom stereocenters. The minimum Gasteiger partial charge on any atom is -0.465 e. The highest BCUT2D eigenvalue weighted by Gasteiger charge is 2.53. The molecule has 1 amide bonds. The third kappa shape index (κ3) is 4.88. The average Bonchev–Trinajstić information content (AvgIpc) is 3.70. The molecule has 1 saturated carbocycles. The molecule has 208 valence electrons. The van der Waals surface area contributed by atoms with Crippen LogP contribution in [0.2, 0.25) is 0 Å². The zero-order valence-electron chi connectivity index (χ0n) is 21.5. The Labute approximate surface area is 228 Å². The molecule has 7 nitrogen and oxygen atoms in total. The van der Waals surface area contributed by atoms with E-state index in [-0.39, 0.29) is 34.6 Å². The van der Waals surface area contributed by atoms with E-state index < -0.39 is 35.7 Å². The van der Waals surface area contributed by atoms with E-state index in [0.717, 1.165) is 11.6 Å². The number of methoxy groups -OCH3 is 1. The Bertz CT molecular complexity index is 1460. The van der Waals surface area contributed by atoms with Gasteiger partial charge >= 0.3 is 12.3 Å². The first-order chi connectivity index (χ1) is 19.2. The molecule has 3 aliphatic rings. The molecule has 0 spiro atoms. The quantitative estimate of drug-likeness (QED) is 0.392. The fourth-order valence-corrected chi connectivity index (χ4v) is 5.50. The van der Waals surface area contributed by atoms with E-state index in [0.29, 0.717) is 31.2 Å². The molecule has 1 saturated heterocycles. The van der Waals surface area contributed by atoms with Crippen LogP contribution in [0.15, 0.2) is 66.7 Å². The minimum absolute atomic E-state index is 0.0804. The Morgan fingerprint density at radius 2 is 1.65 bits per heavy atom. The van der Waals surface area contributed by atoms with Crippen LogP contribution in [-0.4, -0.2) is 31.3 Å². The number of hydrogen-bond acceptors (Lipinski definition) is 6. The van der Waals surface area contributed by atoms with Crippen molar-refractivity contribution in [1.29, 1.82) is 0 Å². The molecule has 6 rings (SSSR count). The van der Waals surface area contributed by atoms with Crippen LogP contribution in [0.3, 0.4) is 0 Å². The minimum atomic E-state index is -3.74. The number of alkyl halides is 2. The van der Waals surface area contributed by atoms with Crippen LogP contribution in [0.25, 0.3) is 0 Å². The predicted octanol–water partition coefficient (Wildman–Crippen LogP) is 5.74. The number of benzene rings is 3. The normalized spacial score (nSPS) is 23.8. The van der Waals surface area contributed by atoms with Gasteiger partial charge in [-0.15, -0.1) is 8.78 Å². The fourth-order valence-electron chi connectivity index (χ4n) is 5.50. The number of rotatable bonds is 6. The van der Waals surface area contributed by atoms with Crippen LogP contribution in [0.1, 0.15) is 64.9 Å². The molecule has 2 fully saturated rings. The van der Waals surface area contributed by atoms with Crippen molar-refractivity contribution in [3.05, 3.63) is 94.8 Å². The van der Waals surface area contributed by atoms with Gasteiger partial charge in [-0.3, -0.25) is 4.79 Å². The summed E-state index contributed by atoms with van der Waals surface area (Å²) in [6.07, 6.45) is -3.01. The molecular formula is C30H26F3NO6. The van der Waals surface area contributed by atoms with Gasteiger partial charge in [0.05, 0.1) is 30.3 Å². The Kier molecular flexibility index (Phi) is 6.45. The Hall–Kier alpha value is -4.05. The Balaban J connectivity index is 1.24. The second kappa shape index (κ2) is 9.85. The summed E-state index contributed by atoms with van der Waals surface area (Å²) in [6, 6.07) is 17.6. The number of amides is 1. The Morgan fingerprint density at radius 3 is 2.35 bits per heavy atom.